The van der Waals surface area contributed by atoms with E-state index in [-0.39, 0.29) is 5.91 Å². The van der Waals surface area contributed by atoms with Crippen LogP contribution in [0.15, 0.2) is 39.9 Å². The minimum absolute atomic E-state index is 0.325. The van der Waals surface area contributed by atoms with Crippen LogP contribution in [-0.2, 0) is 0 Å². The van der Waals surface area contributed by atoms with Crippen LogP contribution >= 0.6 is 0 Å². The standard InChI is InChI=1S/C18H21N3O3/c1-13-5-7-15(16(11-13)23-2)18(22)20-19-12-14-6-8-17(24-14)21-9-3-4-10-21/h5-8,11-12H,3-4,9-10H2,1-2H3,(H,20,22)/b19-12-. The fourth-order valence-electron chi connectivity index (χ4n) is 2.72. The second-order valence-electron chi connectivity index (χ2n) is 5.77. The van der Waals surface area contributed by atoms with Gasteiger partial charge in [0.25, 0.3) is 5.91 Å². The SMILES string of the molecule is COc1cc(C)ccc1C(=O)N/N=C\c1ccc(N2CCCC2)o1. The van der Waals surface area contributed by atoms with E-state index in [4.69, 9.17) is 9.15 Å². The van der Waals surface area contributed by atoms with Crippen molar-refractivity contribution < 1.29 is 13.9 Å². The van der Waals surface area contributed by atoms with Crippen LogP contribution in [0.5, 0.6) is 5.75 Å². The molecule has 1 fully saturated rings. The van der Waals surface area contributed by atoms with Gasteiger partial charge in [-0.25, -0.2) is 5.43 Å². The molecule has 1 N–H and O–H groups in total. The number of carbonyl (C=O) groups excluding carboxylic acids is 1. The smallest absolute Gasteiger partial charge is 0.275 e. The van der Waals surface area contributed by atoms with Crippen LogP contribution in [0.25, 0.3) is 0 Å². The van der Waals surface area contributed by atoms with Crippen molar-refractivity contribution in [1.29, 1.82) is 0 Å². The highest BCUT2D eigenvalue weighted by molar-refractivity contribution is 5.97. The number of anilines is 1. The largest absolute Gasteiger partial charge is 0.496 e. The van der Waals surface area contributed by atoms with Gasteiger partial charge in [-0.3, -0.25) is 4.79 Å². The molecule has 1 aromatic carbocycles. The summed E-state index contributed by atoms with van der Waals surface area (Å²) < 4.78 is 11.0. The first-order chi connectivity index (χ1) is 11.7. The molecule has 1 saturated heterocycles. The molecule has 1 aromatic heterocycles. The summed E-state index contributed by atoms with van der Waals surface area (Å²) in [4.78, 5) is 14.4. The average Bonchev–Trinajstić information content (AvgIpc) is 3.25. The van der Waals surface area contributed by atoms with E-state index < -0.39 is 0 Å². The fraction of sp³-hybridized carbons (Fsp3) is 0.333. The number of amides is 1. The topological polar surface area (TPSA) is 67.1 Å². The highest BCUT2D eigenvalue weighted by Gasteiger charge is 2.15. The molecule has 126 valence electrons. The number of hydrogen-bond donors (Lipinski definition) is 1. The van der Waals surface area contributed by atoms with Gasteiger partial charge in [0, 0.05) is 19.2 Å². The summed E-state index contributed by atoms with van der Waals surface area (Å²) in [5.74, 6) is 1.65. The van der Waals surface area contributed by atoms with E-state index in [1.165, 1.54) is 26.2 Å². The third-order valence-electron chi connectivity index (χ3n) is 3.99. The summed E-state index contributed by atoms with van der Waals surface area (Å²) in [7, 11) is 1.54. The maximum absolute atomic E-state index is 12.2. The summed E-state index contributed by atoms with van der Waals surface area (Å²) in [6.07, 6.45) is 3.88. The molecule has 2 heterocycles. The van der Waals surface area contributed by atoms with Gasteiger partial charge in [-0.15, -0.1) is 0 Å². The molecule has 0 atom stereocenters. The van der Waals surface area contributed by atoms with Crippen LogP contribution in [0.1, 0.15) is 34.5 Å². The van der Waals surface area contributed by atoms with Crippen molar-refractivity contribution in [1.82, 2.24) is 5.43 Å². The van der Waals surface area contributed by atoms with E-state index in [0.29, 0.717) is 17.1 Å². The van der Waals surface area contributed by atoms with Gasteiger partial charge in [-0.2, -0.15) is 5.10 Å². The Labute approximate surface area is 141 Å². The quantitative estimate of drug-likeness (QED) is 0.677. The predicted molar refractivity (Wildman–Crippen MR) is 92.9 cm³/mol. The lowest BCUT2D eigenvalue weighted by Crippen LogP contribution is -2.18. The minimum atomic E-state index is -0.325. The Balaban J connectivity index is 1.62. The average molecular weight is 327 g/mol. The summed E-state index contributed by atoms with van der Waals surface area (Å²) in [5.41, 5.74) is 3.96. The molecule has 3 rings (SSSR count). The number of nitrogens with one attached hydrogen (secondary N) is 1. The van der Waals surface area contributed by atoms with Crippen LogP contribution in [-0.4, -0.2) is 32.3 Å². The molecule has 0 aliphatic carbocycles. The number of rotatable bonds is 5. The van der Waals surface area contributed by atoms with Gasteiger partial charge in [0.05, 0.1) is 18.9 Å². The van der Waals surface area contributed by atoms with E-state index in [9.17, 15) is 4.79 Å². The zero-order valence-electron chi connectivity index (χ0n) is 13.9. The van der Waals surface area contributed by atoms with Crippen molar-refractivity contribution in [2.24, 2.45) is 5.10 Å². The highest BCUT2D eigenvalue weighted by Crippen LogP contribution is 2.22. The monoisotopic (exact) mass is 327 g/mol. The molecule has 6 heteroatoms. The van der Waals surface area contributed by atoms with E-state index in [1.54, 1.807) is 6.07 Å². The number of aryl methyl sites for hydroxylation is 1. The number of carbonyl (C=O) groups is 1. The highest BCUT2D eigenvalue weighted by atomic mass is 16.5. The van der Waals surface area contributed by atoms with Crippen LogP contribution in [0.3, 0.4) is 0 Å². The van der Waals surface area contributed by atoms with Gasteiger partial charge in [-0.1, -0.05) is 6.07 Å². The normalized spacial score (nSPS) is 14.3. The van der Waals surface area contributed by atoms with E-state index in [2.05, 4.69) is 15.4 Å². The molecule has 1 amide bonds. The van der Waals surface area contributed by atoms with E-state index in [0.717, 1.165) is 24.5 Å². The molecule has 6 nitrogen and oxygen atoms in total. The van der Waals surface area contributed by atoms with Crippen molar-refractivity contribution in [3.8, 4) is 5.75 Å². The van der Waals surface area contributed by atoms with Crippen molar-refractivity contribution in [3.05, 3.63) is 47.2 Å². The van der Waals surface area contributed by atoms with Gasteiger partial charge in [0.2, 0.25) is 0 Å². The number of furan rings is 1. The second kappa shape index (κ2) is 7.21. The molecular formula is C18H21N3O3. The Morgan fingerprint density at radius 1 is 1.29 bits per heavy atom. The molecule has 2 aromatic rings. The van der Waals surface area contributed by atoms with Crippen LogP contribution in [0.4, 0.5) is 5.88 Å². The summed E-state index contributed by atoms with van der Waals surface area (Å²) in [5, 5.41) is 3.96. The van der Waals surface area contributed by atoms with Gasteiger partial charge in [-0.05, 0) is 43.5 Å². The molecule has 1 aliphatic rings. The third kappa shape index (κ3) is 3.59. The van der Waals surface area contributed by atoms with E-state index >= 15 is 0 Å². The second-order valence-corrected chi connectivity index (χ2v) is 5.77. The summed E-state index contributed by atoms with van der Waals surface area (Å²) >= 11 is 0. The molecule has 1 aliphatic heterocycles. The third-order valence-corrected chi connectivity index (χ3v) is 3.99. The van der Waals surface area contributed by atoms with Crippen molar-refractivity contribution in [2.45, 2.75) is 19.8 Å². The number of nitrogens with zero attached hydrogens (tertiary/aromatic N) is 2. The van der Waals surface area contributed by atoms with Crippen molar-refractivity contribution >= 4 is 18.0 Å². The predicted octanol–water partition coefficient (Wildman–Crippen LogP) is 2.96. The van der Waals surface area contributed by atoms with Crippen molar-refractivity contribution in [3.63, 3.8) is 0 Å². The Morgan fingerprint density at radius 2 is 2.08 bits per heavy atom. The van der Waals surface area contributed by atoms with Crippen LogP contribution in [0.2, 0.25) is 0 Å². The lowest BCUT2D eigenvalue weighted by atomic mass is 10.1. The number of hydrogen-bond acceptors (Lipinski definition) is 5. The molecule has 24 heavy (non-hydrogen) atoms. The Morgan fingerprint density at radius 3 is 2.83 bits per heavy atom. The fourth-order valence-corrected chi connectivity index (χ4v) is 2.72. The first kappa shape index (κ1) is 16.1. The number of benzene rings is 1. The minimum Gasteiger partial charge on any atom is -0.496 e. The molecule has 0 bridgehead atoms. The first-order valence-electron chi connectivity index (χ1n) is 8.00. The lowest BCUT2D eigenvalue weighted by molar-refractivity contribution is 0.0952. The number of methoxy groups -OCH3 is 1. The van der Waals surface area contributed by atoms with Gasteiger partial charge < -0.3 is 14.1 Å². The lowest BCUT2D eigenvalue weighted by Gasteiger charge is -2.12. The Bertz CT molecular complexity index is 746. The first-order valence-corrected chi connectivity index (χ1v) is 8.00. The van der Waals surface area contributed by atoms with Crippen LogP contribution < -0.4 is 15.1 Å². The zero-order chi connectivity index (χ0) is 16.9. The van der Waals surface area contributed by atoms with Gasteiger partial charge in [0.1, 0.15) is 11.5 Å². The van der Waals surface area contributed by atoms with Gasteiger partial charge >= 0.3 is 0 Å². The summed E-state index contributed by atoms with van der Waals surface area (Å²) in [6, 6.07) is 9.16. The molecular weight excluding hydrogens is 306 g/mol. The van der Waals surface area contributed by atoms with E-state index in [1.807, 2.05) is 31.2 Å². The maximum atomic E-state index is 12.2. The molecule has 0 unspecified atom stereocenters. The number of hydrazone groups is 1. The summed E-state index contributed by atoms with van der Waals surface area (Å²) in [6.45, 7) is 3.99. The molecule has 0 radical (unpaired) electrons. The maximum Gasteiger partial charge on any atom is 0.275 e. The molecule has 0 saturated carbocycles. The zero-order valence-corrected chi connectivity index (χ0v) is 13.9. The van der Waals surface area contributed by atoms with Gasteiger partial charge in [0.15, 0.2) is 5.88 Å². The van der Waals surface area contributed by atoms with Crippen molar-refractivity contribution in [2.75, 3.05) is 25.1 Å². The van der Waals surface area contributed by atoms with Crippen LogP contribution in [0, 0.1) is 6.92 Å². The molecule has 0 spiro atoms. The Kier molecular flexibility index (Phi) is 4.84. The number of ether oxygens (including phenoxy) is 1. The Hall–Kier alpha value is -2.76.